The highest BCUT2D eigenvalue weighted by atomic mass is 35.5. The third kappa shape index (κ3) is 3.66. The quantitative estimate of drug-likeness (QED) is 0.773. The fourth-order valence-electron chi connectivity index (χ4n) is 2.92. The summed E-state index contributed by atoms with van der Waals surface area (Å²) in [4.78, 5) is 18.2. The number of hydrogen-bond donors (Lipinski definition) is 0. The van der Waals surface area contributed by atoms with Gasteiger partial charge >= 0.3 is 0 Å². The standard InChI is InChI=1S/C16H19ClN2O4S2/c1-9(2)15(20)18-16-19(11-6-10(17)4-5-13(11)23-3)12-7-25(21,22)8-14(12)24-16/h4-6,9,12,14H,7-8H2,1-3H3/t12-,14-/m0/s1. The van der Waals surface area contributed by atoms with Crippen LogP contribution in [0.2, 0.25) is 5.02 Å². The second-order valence-corrected chi connectivity index (χ2v) is 10.2. The molecule has 136 valence electrons. The molecule has 0 unspecified atom stereocenters. The number of amides is 1. The highest BCUT2D eigenvalue weighted by Gasteiger charge is 2.50. The Morgan fingerprint density at radius 1 is 1.40 bits per heavy atom. The number of anilines is 1. The summed E-state index contributed by atoms with van der Waals surface area (Å²) in [6, 6.07) is 4.84. The van der Waals surface area contributed by atoms with Gasteiger partial charge in [0.05, 0.1) is 30.3 Å². The zero-order valence-corrected chi connectivity index (χ0v) is 16.5. The summed E-state index contributed by atoms with van der Waals surface area (Å²) in [6.07, 6.45) is 0. The normalized spacial score (nSPS) is 26.3. The lowest BCUT2D eigenvalue weighted by Gasteiger charge is -2.26. The monoisotopic (exact) mass is 402 g/mol. The SMILES string of the molecule is COc1ccc(Cl)cc1N1C(=NC(=O)C(C)C)S[C@H]2CS(=O)(=O)C[C@@H]21. The molecule has 3 rings (SSSR count). The van der Waals surface area contributed by atoms with Gasteiger partial charge in [-0.3, -0.25) is 4.79 Å². The Bertz CT molecular complexity index is 839. The first-order valence-corrected chi connectivity index (χ1v) is 10.9. The van der Waals surface area contributed by atoms with Gasteiger partial charge in [-0.05, 0) is 18.2 Å². The molecule has 2 aliphatic heterocycles. The minimum Gasteiger partial charge on any atom is -0.495 e. The number of methoxy groups -OCH3 is 1. The number of sulfone groups is 1. The van der Waals surface area contributed by atoms with E-state index in [0.29, 0.717) is 21.6 Å². The van der Waals surface area contributed by atoms with E-state index in [1.807, 2.05) is 0 Å². The molecule has 6 nitrogen and oxygen atoms in total. The van der Waals surface area contributed by atoms with Gasteiger partial charge in [0.1, 0.15) is 5.75 Å². The molecule has 0 radical (unpaired) electrons. The van der Waals surface area contributed by atoms with Crippen LogP contribution in [0.4, 0.5) is 5.69 Å². The van der Waals surface area contributed by atoms with Crippen LogP contribution in [-0.2, 0) is 14.6 Å². The predicted molar refractivity (Wildman–Crippen MR) is 102 cm³/mol. The summed E-state index contributed by atoms with van der Waals surface area (Å²) in [7, 11) is -1.58. The second-order valence-electron chi connectivity index (χ2n) is 6.37. The molecular formula is C16H19ClN2O4S2. The van der Waals surface area contributed by atoms with Crippen LogP contribution in [-0.4, -0.2) is 49.4 Å². The lowest BCUT2D eigenvalue weighted by molar-refractivity contribution is -0.120. The predicted octanol–water partition coefficient (Wildman–Crippen LogP) is 2.61. The lowest BCUT2D eigenvalue weighted by atomic mass is 10.2. The molecule has 0 spiro atoms. The van der Waals surface area contributed by atoms with E-state index in [-0.39, 0.29) is 34.6 Å². The number of hydrogen-bond acceptors (Lipinski definition) is 5. The molecule has 1 aromatic rings. The van der Waals surface area contributed by atoms with Crippen molar-refractivity contribution in [2.45, 2.75) is 25.1 Å². The largest absolute Gasteiger partial charge is 0.495 e. The molecular weight excluding hydrogens is 384 g/mol. The zero-order valence-electron chi connectivity index (χ0n) is 14.1. The van der Waals surface area contributed by atoms with Crippen LogP contribution in [0.1, 0.15) is 13.8 Å². The van der Waals surface area contributed by atoms with E-state index in [0.717, 1.165) is 0 Å². The van der Waals surface area contributed by atoms with Crippen LogP contribution in [0.15, 0.2) is 23.2 Å². The first-order chi connectivity index (χ1) is 11.7. The molecule has 0 aromatic heterocycles. The number of aliphatic imine (C=N–C) groups is 1. The molecule has 2 aliphatic rings. The van der Waals surface area contributed by atoms with Gasteiger partial charge in [-0.2, -0.15) is 4.99 Å². The van der Waals surface area contributed by atoms with Crippen LogP contribution in [0, 0.1) is 5.92 Å². The molecule has 9 heteroatoms. The molecule has 2 atom stereocenters. The van der Waals surface area contributed by atoms with E-state index < -0.39 is 9.84 Å². The maximum Gasteiger partial charge on any atom is 0.250 e. The first-order valence-electron chi connectivity index (χ1n) is 7.84. The van der Waals surface area contributed by atoms with Crippen molar-refractivity contribution in [3.05, 3.63) is 23.2 Å². The van der Waals surface area contributed by atoms with Gasteiger partial charge in [0, 0.05) is 16.2 Å². The van der Waals surface area contributed by atoms with Crippen molar-refractivity contribution in [1.29, 1.82) is 0 Å². The van der Waals surface area contributed by atoms with Gasteiger partial charge in [-0.25, -0.2) is 8.42 Å². The fraction of sp³-hybridized carbons (Fsp3) is 0.500. The van der Waals surface area contributed by atoms with Gasteiger partial charge in [-0.15, -0.1) is 0 Å². The number of fused-ring (bicyclic) bond motifs is 1. The van der Waals surface area contributed by atoms with Crippen LogP contribution >= 0.6 is 23.4 Å². The molecule has 0 N–H and O–H groups in total. The first kappa shape index (κ1) is 18.5. The number of ether oxygens (including phenoxy) is 1. The number of amidine groups is 1. The second kappa shape index (κ2) is 6.81. The molecule has 0 saturated carbocycles. The molecule has 2 heterocycles. The average molecular weight is 403 g/mol. The molecule has 1 aromatic carbocycles. The molecule has 25 heavy (non-hydrogen) atoms. The van der Waals surface area contributed by atoms with Crippen LogP contribution in [0.5, 0.6) is 5.75 Å². The van der Waals surface area contributed by atoms with Gasteiger partial charge in [0.15, 0.2) is 15.0 Å². The molecule has 0 aliphatic carbocycles. The number of halogens is 1. The number of carbonyl (C=O) groups is 1. The number of carbonyl (C=O) groups excluding carboxylic acids is 1. The minimum absolute atomic E-state index is 0.0230. The van der Waals surface area contributed by atoms with E-state index in [4.69, 9.17) is 16.3 Å². The molecule has 0 bridgehead atoms. The summed E-state index contributed by atoms with van der Waals surface area (Å²) in [5, 5.41) is 0.844. The Morgan fingerprint density at radius 3 is 2.76 bits per heavy atom. The summed E-state index contributed by atoms with van der Waals surface area (Å²) >= 11 is 7.48. The number of thioether (sulfide) groups is 1. The van der Waals surface area contributed by atoms with Crippen LogP contribution in [0.3, 0.4) is 0 Å². The van der Waals surface area contributed by atoms with E-state index in [9.17, 15) is 13.2 Å². The van der Waals surface area contributed by atoms with E-state index >= 15 is 0 Å². The van der Waals surface area contributed by atoms with Crippen molar-refractivity contribution in [3.63, 3.8) is 0 Å². The topological polar surface area (TPSA) is 76.0 Å². The van der Waals surface area contributed by atoms with Crippen molar-refractivity contribution in [2.24, 2.45) is 10.9 Å². The maximum absolute atomic E-state index is 12.1. The van der Waals surface area contributed by atoms with Gasteiger partial charge in [-0.1, -0.05) is 37.2 Å². The Morgan fingerprint density at radius 2 is 2.12 bits per heavy atom. The fourth-order valence-corrected chi connectivity index (χ4v) is 7.00. The van der Waals surface area contributed by atoms with Crippen LogP contribution in [0.25, 0.3) is 0 Å². The third-order valence-electron chi connectivity index (χ3n) is 4.17. The van der Waals surface area contributed by atoms with E-state index in [1.165, 1.54) is 18.9 Å². The Labute approximate surface area is 156 Å². The van der Waals surface area contributed by atoms with Gasteiger partial charge in [0.2, 0.25) is 0 Å². The number of benzene rings is 1. The van der Waals surface area contributed by atoms with Gasteiger partial charge in [0.25, 0.3) is 5.91 Å². The van der Waals surface area contributed by atoms with Gasteiger partial charge < -0.3 is 9.64 Å². The Hall–Kier alpha value is -1.25. The van der Waals surface area contributed by atoms with Crippen molar-refractivity contribution < 1.29 is 17.9 Å². The smallest absolute Gasteiger partial charge is 0.250 e. The average Bonchev–Trinajstić information content (AvgIpc) is 2.97. The highest BCUT2D eigenvalue weighted by molar-refractivity contribution is 8.16. The van der Waals surface area contributed by atoms with Crippen molar-refractivity contribution >= 4 is 50.0 Å². The van der Waals surface area contributed by atoms with E-state index in [1.54, 1.807) is 36.9 Å². The molecule has 2 fully saturated rings. The highest BCUT2D eigenvalue weighted by Crippen LogP contribution is 2.44. The van der Waals surface area contributed by atoms with Crippen LogP contribution < -0.4 is 9.64 Å². The summed E-state index contributed by atoms with van der Waals surface area (Å²) in [5.41, 5.74) is 0.627. The van der Waals surface area contributed by atoms with Crippen molar-refractivity contribution in [3.8, 4) is 5.75 Å². The zero-order chi connectivity index (χ0) is 18.4. The lowest BCUT2D eigenvalue weighted by Crippen LogP contribution is -2.38. The molecule has 1 amide bonds. The summed E-state index contributed by atoms with van der Waals surface area (Å²) < 4.78 is 29.6. The number of rotatable bonds is 3. The molecule has 2 saturated heterocycles. The third-order valence-corrected chi connectivity index (χ3v) is 7.61. The Balaban J connectivity index is 2.10. The maximum atomic E-state index is 12.1. The minimum atomic E-state index is -3.12. The summed E-state index contributed by atoms with van der Waals surface area (Å²) in [5.74, 6) is 0.183. The van der Waals surface area contributed by atoms with E-state index in [2.05, 4.69) is 4.99 Å². The summed E-state index contributed by atoms with van der Waals surface area (Å²) in [6.45, 7) is 3.56. The van der Waals surface area contributed by atoms with Crippen molar-refractivity contribution in [2.75, 3.05) is 23.5 Å². The van der Waals surface area contributed by atoms with Crippen molar-refractivity contribution in [1.82, 2.24) is 0 Å². The number of nitrogens with zero attached hydrogens (tertiary/aromatic N) is 2. The Kier molecular flexibility index (Phi) is 5.05.